The Morgan fingerprint density at radius 1 is 1.41 bits per heavy atom. The van der Waals surface area contributed by atoms with E-state index >= 15 is 0 Å². The van der Waals surface area contributed by atoms with Crippen LogP contribution >= 0.6 is 0 Å². The molecular weight excluding hydrogens is 218 g/mol. The van der Waals surface area contributed by atoms with Crippen LogP contribution in [-0.2, 0) is 4.74 Å². The average Bonchev–Trinajstić information content (AvgIpc) is 2.23. The molecule has 17 heavy (non-hydrogen) atoms. The van der Waals surface area contributed by atoms with Crippen molar-refractivity contribution in [2.24, 2.45) is 0 Å². The molecule has 0 aliphatic carbocycles. The van der Waals surface area contributed by atoms with Crippen LogP contribution in [0.5, 0.6) is 0 Å². The molecule has 1 saturated heterocycles. The second-order valence-corrected chi connectivity index (χ2v) is 4.10. The maximum absolute atomic E-state index is 4.99. The summed E-state index contributed by atoms with van der Waals surface area (Å²) in [5.74, 6) is 2.48. The smallest absolute Gasteiger partial charge is 0.132 e. The third-order valence-corrected chi connectivity index (χ3v) is 2.58. The first-order valence-corrected chi connectivity index (χ1v) is 5.83. The van der Waals surface area contributed by atoms with Gasteiger partial charge in [-0.3, -0.25) is 0 Å². The molecule has 0 radical (unpaired) electrons. The lowest BCUT2D eigenvalue weighted by Gasteiger charge is -2.28. The van der Waals surface area contributed by atoms with Crippen molar-refractivity contribution in [2.45, 2.75) is 13.0 Å². The van der Waals surface area contributed by atoms with Gasteiger partial charge in [0, 0.05) is 32.8 Å². The van der Waals surface area contributed by atoms with Gasteiger partial charge in [-0.1, -0.05) is 0 Å². The van der Waals surface area contributed by atoms with Gasteiger partial charge in [0.1, 0.15) is 17.5 Å². The molecule has 1 fully saturated rings. The van der Waals surface area contributed by atoms with Crippen LogP contribution in [0.2, 0.25) is 0 Å². The van der Waals surface area contributed by atoms with E-state index in [9.17, 15) is 0 Å². The summed E-state index contributed by atoms with van der Waals surface area (Å²) in [6.45, 7) is 5.30. The van der Waals surface area contributed by atoms with Gasteiger partial charge < -0.3 is 20.7 Å². The van der Waals surface area contributed by atoms with Gasteiger partial charge >= 0.3 is 0 Å². The van der Waals surface area contributed by atoms with Gasteiger partial charge in [0.15, 0.2) is 0 Å². The number of ether oxygens (including phenoxy) is 1. The Kier molecular flexibility index (Phi) is 4.11. The van der Waals surface area contributed by atoms with Crippen molar-refractivity contribution < 1.29 is 4.74 Å². The molecule has 1 aliphatic heterocycles. The molecule has 0 amide bonds. The number of methoxy groups -OCH3 is 1. The van der Waals surface area contributed by atoms with Crippen molar-refractivity contribution in [1.82, 2.24) is 15.3 Å². The van der Waals surface area contributed by atoms with Crippen molar-refractivity contribution in [3.05, 3.63) is 11.9 Å². The summed E-state index contributed by atoms with van der Waals surface area (Å²) < 4.78 is 4.99. The summed E-state index contributed by atoms with van der Waals surface area (Å²) >= 11 is 0. The summed E-state index contributed by atoms with van der Waals surface area (Å²) in [7, 11) is 1.68. The Labute approximate surface area is 101 Å². The van der Waals surface area contributed by atoms with Crippen molar-refractivity contribution in [3.63, 3.8) is 0 Å². The van der Waals surface area contributed by atoms with Crippen molar-refractivity contribution in [3.8, 4) is 0 Å². The van der Waals surface area contributed by atoms with Crippen LogP contribution < -0.4 is 16.0 Å². The number of nitrogens with one attached hydrogen (secondary N) is 3. The number of aryl methyl sites for hydroxylation is 1. The maximum Gasteiger partial charge on any atom is 0.132 e. The number of aromatic nitrogens is 2. The lowest BCUT2D eigenvalue weighted by Crippen LogP contribution is -2.51. The van der Waals surface area contributed by atoms with Gasteiger partial charge in [-0.2, -0.15) is 0 Å². The monoisotopic (exact) mass is 237 g/mol. The zero-order valence-electron chi connectivity index (χ0n) is 10.3. The van der Waals surface area contributed by atoms with E-state index in [1.54, 1.807) is 7.11 Å². The topological polar surface area (TPSA) is 71.1 Å². The predicted octanol–water partition coefficient (Wildman–Crippen LogP) is 0.227. The minimum Gasteiger partial charge on any atom is -0.383 e. The van der Waals surface area contributed by atoms with Gasteiger partial charge in [0.2, 0.25) is 0 Å². The second kappa shape index (κ2) is 5.79. The average molecular weight is 237 g/mol. The molecule has 6 nitrogen and oxygen atoms in total. The van der Waals surface area contributed by atoms with Crippen LogP contribution in [0.25, 0.3) is 0 Å². The van der Waals surface area contributed by atoms with E-state index in [1.165, 1.54) is 0 Å². The Bertz CT molecular complexity index is 367. The molecular formula is C11H19N5O. The third-order valence-electron chi connectivity index (χ3n) is 2.58. The predicted molar refractivity (Wildman–Crippen MR) is 67.4 cm³/mol. The molecule has 2 heterocycles. The first-order valence-electron chi connectivity index (χ1n) is 5.83. The normalized spacial score (nSPS) is 15.4. The van der Waals surface area contributed by atoms with Crippen LogP contribution in [0.4, 0.5) is 11.6 Å². The van der Waals surface area contributed by atoms with Crippen LogP contribution in [0, 0.1) is 6.92 Å². The number of hydrogen-bond donors (Lipinski definition) is 3. The van der Waals surface area contributed by atoms with Gasteiger partial charge in [0.05, 0.1) is 12.6 Å². The van der Waals surface area contributed by atoms with Gasteiger partial charge in [0.25, 0.3) is 0 Å². The van der Waals surface area contributed by atoms with E-state index in [-0.39, 0.29) is 0 Å². The van der Waals surface area contributed by atoms with Gasteiger partial charge in [-0.05, 0) is 6.92 Å². The molecule has 1 aromatic heterocycles. The number of hydrogen-bond acceptors (Lipinski definition) is 6. The van der Waals surface area contributed by atoms with Crippen LogP contribution in [-0.4, -0.2) is 49.4 Å². The van der Waals surface area contributed by atoms with Gasteiger partial charge in [-0.15, -0.1) is 0 Å². The summed E-state index contributed by atoms with van der Waals surface area (Å²) in [5.41, 5.74) is 0. The SMILES string of the molecule is COCCNc1cc(NC2CNC2)nc(C)n1. The van der Waals surface area contributed by atoms with Crippen molar-refractivity contribution in [2.75, 3.05) is 44.0 Å². The molecule has 0 spiro atoms. The molecule has 0 atom stereocenters. The fourth-order valence-corrected chi connectivity index (χ4v) is 1.61. The minimum atomic E-state index is 0.483. The molecule has 1 aromatic rings. The zero-order valence-corrected chi connectivity index (χ0v) is 10.3. The molecule has 94 valence electrons. The van der Waals surface area contributed by atoms with E-state index in [4.69, 9.17) is 4.74 Å². The highest BCUT2D eigenvalue weighted by Gasteiger charge is 2.16. The van der Waals surface area contributed by atoms with E-state index in [0.717, 1.165) is 37.1 Å². The zero-order chi connectivity index (χ0) is 12.1. The Morgan fingerprint density at radius 3 is 2.82 bits per heavy atom. The summed E-state index contributed by atoms with van der Waals surface area (Å²) in [6, 6.07) is 2.41. The van der Waals surface area contributed by atoms with E-state index in [0.29, 0.717) is 12.6 Å². The highest BCUT2D eigenvalue weighted by Crippen LogP contribution is 2.12. The number of nitrogens with zero attached hydrogens (tertiary/aromatic N) is 2. The first-order chi connectivity index (χ1) is 8.28. The number of anilines is 2. The standard InChI is InChI=1S/C11H19N5O/c1-8-14-10(13-3-4-17-2)5-11(15-8)16-9-6-12-7-9/h5,9,12H,3-4,6-7H2,1-2H3,(H2,13,14,15,16). The van der Waals surface area contributed by atoms with E-state index in [1.807, 2.05) is 13.0 Å². The fourth-order valence-electron chi connectivity index (χ4n) is 1.61. The molecule has 6 heteroatoms. The molecule has 3 N–H and O–H groups in total. The van der Waals surface area contributed by atoms with Crippen LogP contribution in [0.1, 0.15) is 5.82 Å². The third kappa shape index (κ3) is 3.54. The molecule has 0 bridgehead atoms. The largest absolute Gasteiger partial charge is 0.383 e. The fraction of sp³-hybridized carbons (Fsp3) is 0.636. The first kappa shape index (κ1) is 12.1. The summed E-state index contributed by atoms with van der Waals surface area (Å²) in [5, 5.41) is 9.78. The lowest BCUT2D eigenvalue weighted by molar-refractivity contribution is 0.210. The highest BCUT2D eigenvalue weighted by molar-refractivity contribution is 5.48. The summed E-state index contributed by atoms with van der Waals surface area (Å²) in [6.07, 6.45) is 0. The molecule has 0 aromatic carbocycles. The molecule has 0 unspecified atom stereocenters. The van der Waals surface area contributed by atoms with E-state index in [2.05, 4.69) is 25.9 Å². The molecule has 2 rings (SSSR count). The maximum atomic E-state index is 4.99. The Hall–Kier alpha value is -1.40. The van der Waals surface area contributed by atoms with Crippen LogP contribution in [0.3, 0.4) is 0 Å². The van der Waals surface area contributed by atoms with E-state index < -0.39 is 0 Å². The Balaban J connectivity index is 1.95. The van der Waals surface area contributed by atoms with Crippen LogP contribution in [0.15, 0.2) is 6.07 Å². The Morgan fingerprint density at radius 2 is 2.18 bits per heavy atom. The second-order valence-electron chi connectivity index (χ2n) is 4.10. The molecule has 1 aliphatic rings. The minimum absolute atomic E-state index is 0.483. The summed E-state index contributed by atoms with van der Waals surface area (Å²) in [4.78, 5) is 8.69. The molecule has 0 saturated carbocycles. The highest BCUT2D eigenvalue weighted by atomic mass is 16.5. The quantitative estimate of drug-likeness (QED) is 0.615. The van der Waals surface area contributed by atoms with Gasteiger partial charge in [-0.25, -0.2) is 9.97 Å². The van der Waals surface area contributed by atoms with Crippen molar-refractivity contribution >= 4 is 11.6 Å². The lowest BCUT2D eigenvalue weighted by atomic mass is 10.2. The number of rotatable bonds is 6. The van der Waals surface area contributed by atoms with Crippen molar-refractivity contribution in [1.29, 1.82) is 0 Å².